The molecule has 28 heavy (non-hydrogen) atoms. The van der Waals surface area contributed by atoms with Crippen LogP contribution >= 0.6 is 0 Å². The third-order valence-corrected chi connectivity index (χ3v) is 4.70. The van der Waals surface area contributed by atoms with Crippen LogP contribution in [-0.2, 0) is 6.54 Å². The minimum absolute atomic E-state index is 0.0598. The monoisotopic (exact) mass is 398 g/mol. The summed E-state index contributed by atoms with van der Waals surface area (Å²) in [5.74, 6) is 1.74. The molecule has 1 aliphatic heterocycles. The van der Waals surface area contributed by atoms with Crippen molar-refractivity contribution in [1.29, 1.82) is 0 Å². The zero-order valence-corrected chi connectivity index (χ0v) is 17.0. The van der Waals surface area contributed by atoms with Gasteiger partial charge in [-0.05, 0) is 38.3 Å². The molecule has 0 radical (unpaired) electrons. The van der Waals surface area contributed by atoms with Gasteiger partial charge >= 0.3 is 6.61 Å². The van der Waals surface area contributed by atoms with E-state index in [9.17, 15) is 8.78 Å². The van der Waals surface area contributed by atoms with Gasteiger partial charge in [0.2, 0.25) is 0 Å². The number of benzene rings is 1. The number of guanidine groups is 1. The van der Waals surface area contributed by atoms with E-state index in [1.54, 1.807) is 32.2 Å². The molecule has 1 heterocycles. The topological polar surface area (TPSA) is 58.1 Å². The fraction of sp³-hybridized carbons (Fsp3) is 0.650. The highest BCUT2D eigenvalue weighted by molar-refractivity contribution is 5.79. The third kappa shape index (κ3) is 7.14. The number of nitrogens with zero attached hydrogens (tertiary/aromatic N) is 2. The zero-order valence-electron chi connectivity index (χ0n) is 17.0. The molecule has 0 amide bonds. The summed E-state index contributed by atoms with van der Waals surface area (Å²) >= 11 is 0. The van der Waals surface area contributed by atoms with Crippen molar-refractivity contribution in [3.63, 3.8) is 0 Å². The molecule has 6 nitrogen and oxygen atoms in total. The molecule has 1 saturated heterocycles. The highest BCUT2D eigenvalue weighted by atomic mass is 19.3. The molecule has 2 rings (SSSR count). The van der Waals surface area contributed by atoms with Crippen molar-refractivity contribution in [1.82, 2.24) is 15.5 Å². The summed E-state index contributed by atoms with van der Waals surface area (Å²) in [7, 11) is 1.69. The summed E-state index contributed by atoms with van der Waals surface area (Å²) in [5.41, 5.74) is 0.582. The first-order chi connectivity index (χ1) is 13.5. The number of rotatable bonds is 9. The second-order valence-electron chi connectivity index (χ2n) is 6.96. The minimum atomic E-state index is -2.91. The quantitative estimate of drug-likeness (QED) is 0.495. The Hall–Kier alpha value is -2.09. The normalized spacial score (nSPS) is 18.2. The maximum Gasteiger partial charge on any atom is 0.387 e. The highest BCUT2D eigenvalue weighted by Gasteiger charge is 2.17. The third-order valence-electron chi connectivity index (χ3n) is 4.70. The van der Waals surface area contributed by atoms with Crippen LogP contribution in [0.15, 0.2) is 23.2 Å². The Morgan fingerprint density at radius 3 is 2.86 bits per heavy atom. The van der Waals surface area contributed by atoms with Gasteiger partial charge in [0, 0.05) is 38.8 Å². The lowest BCUT2D eigenvalue weighted by Crippen LogP contribution is -2.43. The fourth-order valence-corrected chi connectivity index (χ4v) is 3.41. The first-order valence-electron chi connectivity index (χ1n) is 9.89. The molecule has 2 N–H and O–H groups in total. The molecule has 8 heteroatoms. The van der Waals surface area contributed by atoms with Crippen LogP contribution in [0.25, 0.3) is 0 Å². The second kappa shape index (κ2) is 11.7. The van der Waals surface area contributed by atoms with Gasteiger partial charge in [-0.3, -0.25) is 4.99 Å². The van der Waals surface area contributed by atoms with Gasteiger partial charge in [-0.1, -0.05) is 19.1 Å². The average Bonchev–Trinajstić information content (AvgIpc) is 2.66. The number of halogens is 2. The molecule has 158 valence electrons. The highest BCUT2D eigenvalue weighted by Crippen LogP contribution is 2.32. The van der Waals surface area contributed by atoms with E-state index >= 15 is 0 Å². The first kappa shape index (κ1) is 22.2. The van der Waals surface area contributed by atoms with Gasteiger partial charge in [-0.15, -0.1) is 0 Å². The molecule has 0 saturated carbocycles. The largest absolute Gasteiger partial charge is 0.490 e. The van der Waals surface area contributed by atoms with Gasteiger partial charge in [0.25, 0.3) is 0 Å². The Bertz CT molecular complexity index is 628. The lowest BCUT2D eigenvalue weighted by atomic mass is 10.0. The summed E-state index contributed by atoms with van der Waals surface area (Å²) in [6.07, 6.45) is 2.55. The number of aliphatic imine (C=N–C) groups is 1. The number of hydrogen-bond acceptors (Lipinski definition) is 4. The lowest BCUT2D eigenvalue weighted by Gasteiger charge is -2.30. The van der Waals surface area contributed by atoms with E-state index in [2.05, 4.69) is 27.4 Å². The molecule has 1 atom stereocenters. The lowest BCUT2D eigenvalue weighted by molar-refractivity contribution is -0.0520. The summed E-state index contributed by atoms with van der Waals surface area (Å²) in [6.45, 7) is 5.82. The van der Waals surface area contributed by atoms with Crippen LogP contribution in [0.2, 0.25) is 0 Å². The van der Waals surface area contributed by atoms with Gasteiger partial charge in [0.1, 0.15) is 0 Å². The van der Waals surface area contributed by atoms with Crippen molar-refractivity contribution in [3.05, 3.63) is 23.8 Å². The predicted octanol–water partition coefficient (Wildman–Crippen LogP) is 3.08. The van der Waals surface area contributed by atoms with Crippen molar-refractivity contribution in [2.24, 2.45) is 10.9 Å². The van der Waals surface area contributed by atoms with Crippen molar-refractivity contribution < 1.29 is 18.3 Å². The summed E-state index contributed by atoms with van der Waals surface area (Å²) < 4.78 is 35.8. The summed E-state index contributed by atoms with van der Waals surface area (Å²) in [4.78, 5) is 6.66. The van der Waals surface area contributed by atoms with Gasteiger partial charge < -0.3 is 25.0 Å². The Kier molecular flexibility index (Phi) is 9.27. The molecule has 0 aliphatic carbocycles. The SMILES string of the molecule is CCOc1cccc(CNC(=NC)NCCN2CCCC(C)C2)c1OC(F)F. The van der Waals surface area contributed by atoms with Crippen LogP contribution in [0.4, 0.5) is 8.78 Å². The van der Waals surface area contributed by atoms with Crippen LogP contribution < -0.4 is 20.1 Å². The smallest absolute Gasteiger partial charge is 0.387 e. The molecular formula is C20H32F2N4O2. The van der Waals surface area contributed by atoms with Crippen molar-refractivity contribution in [3.8, 4) is 11.5 Å². The van der Waals surface area contributed by atoms with Crippen molar-refractivity contribution in [2.75, 3.05) is 39.8 Å². The minimum Gasteiger partial charge on any atom is -0.490 e. The van der Waals surface area contributed by atoms with Crippen LogP contribution in [0, 0.1) is 5.92 Å². The van der Waals surface area contributed by atoms with Crippen LogP contribution in [0.3, 0.4) is 0 Å². The number of alkyl halides is 2. The van der Waals surface area contributed by atoms with E-state index in [1.807, 2.05) is 0 Å². The van der Waals surface area contributed by atoms with E-state index in [0.717, 1.165) is 32.1 Å². The fourth-order valence-electron chi connectivity index (χ4n) is 3.41. The van der Waals surface area contributed by atoms with Gasteiger partial charge in [-0.25, -0.2) is 0 Å². The van der Waals surface area contributed by atoms with Crippen LogP contribution in [0.1, 0.15) is 32.3 Å². The second-order valence-corrected chi connectivity index (χ2v) is 6.96. The van der Waals surface area contributed by atoms with E-state index < -0.39 is 6.61 Å². The molecule has 0 aromatic heterocycles. The van der Waals surface area contributed by atoms with Gasteiger partial charge in [0.05, 0.1) is 6.61 Å². The predicted molar refractivity (Wildman–Crippen MR) is 107 cm³/mol. The molecule has 1 aromatic rings. The van der Waals surface area contributed by atoms with Crippen molar-refractivity contribution in [2.45, 2.75) is 39.8 Å². The number of hydrogen-bond donors (Lipinski definition) is 2. The maximum atomic E-state index is 12.8. The molecule has 1 unspecified atom stereocenters. The molecular weight excluding hydrogens is 366 g/mol. The molecule has 1 aromatic carbocycles. The first-order valence-corrected chi connectivity index (χ1v) is 9.89. The van der Waals surface area contributed by atoms with E-state index in [-0.39, 0.29) is 5.75 Å². The Labute approximate surface area is 166 Å². The average molecular weight is 398 g/mol. The van der Waals surface area contributed by atoms with E-state index in [4.69, 9.17) is 9.47 Å². The van der Waals surface area contributed by atoms with E-state index in [0.29, 0.717) is 30.4 Å². The zero-order chi connectivity index (χ0) is 20.4. The number of ether oxygens (including phenoxy) is 2. The Balaban J connectivity index is 1.89. The molecule has 0 bridgehead atoms. The van der Waals surface area contributed by atoms with Gasteiger partial charge in [0.15, 0.2) is 17.5 Å². The molecule has 1 fully saturated rings. The summed E-state index contributed by atoms with van der Waals surface area (Å²) in [5, 5.41) is 6.43. The van der Waals surface area contributed by atoms with Crippen molar-refractivity contribution >= 4 is 5.96 Å². The van der Waals surface area contributed by atoms with Crippen LogP contribution in [-0.4, -0.2) is 57.3 Å². The molecule has 0 spiro atoms. The van der Waals surface area contributed by atoms with Crippen LogP contribution in [0.5, 0.6) is 11.5 Å². The summed E-state index contributed by atoms with van der Waals surface area (Å²) in [6, 6.07) is 5.11. The Morgan fingerprint density at radius 2 is 2.18 bits per heavy atom. The number of likely N-dealkylation sites (tertiary alicyclic amines) is 1. The van der Waals surface area contributed by atoms with Gasteiger partial charge in [-0.2, -0.15) is 8.78 Å². The standard InChI is InChI=1S/C20H32F2N4O2/c1-4-27-17-9-5-8-16(18(17)28-19(21)22)13-25-20(23-3)24-10-12-26-11-6-7-15(2)14-26/h5,8-9,15,19H,4,6-7,10-14H2,1-3H3,(H2,23,24,25). The Morgan fingerprint density at radius 1 is 1.36 bits per heavy atom. The number of para-hydroxylation sites is 1. The molecule has 1 aliphatic rings. The van der Waals surface area contributed by atoms with E-state index in [1.165, 1.54) is 12.8 Å². The number of piperidine rings is 1. The number of nitrogens with one attached hydrogen (secondary N) is 2. The maximum absolute atomic E-state index is 12.8.